The van der Waals surface area contributed by atoms with E-state index in [1.165, 1.54) is 25.7 Å². The van der Waals surface area contributed by atoms with Crippen LogP contribution >= 0.6 is 0 Å². The van der Waals surface area contributed by atoms with Gasteiger partial charge in [-0.25, -0.2) is 4.68 Å². The Hall–Kier alpha value is -1.61. The maximum atomic E-state index is 10.2. The van der Waals surface area contributed by atoms with Crippen LogP contribution in [0.25, 0.3) is 5.69 Å². The third kappa shape index (κ3) is 4.20. The summed E-state index contributed by atoms with van der Waals surface area (Å²) in [6.07, 6.45) is 10.2. The van der Waals surface area contributed by atoms with Gasteiger partial charge in [0.1, 0.15) is 0 Å². The number of para-hydroxylation sites is 1. The monoisotopic (exact) mass is 272 g/mol. The van der Waals surface area contributed by atoms with E-state index in [1.54, 1.807) is 6.20 Å². The number of rotatable bonds is 8. The molecule has 1 heterocycles. The summed E-state index contributed by atoms with van der Waals surface area (Å²) in [4.78, 5) is 0. The number of hydrogen-bond donors (Lipinski definition) is 1. The average Bonchev–Trinajstić information content (AvgIpc) is 2.98. The molecule has 0 radical (unpaired) electrons. The summed E-state index contributed by atoms with van der Waals surface area (Å²) in [5, 5.41) is 14.5. The van der Waals surface area contributed by atoms with Crippen molar-refractivity contribution in [3.05, 3.63) is 48.3 Å². The van der Waals surface area contributed by atoms with E-state index in [9.17, 15) is 5.11 Å². The highest BCUT2D eigenvalue weighted by atomic mass is 16.3. The fourth-order valence-corrected chi connectivity index (χ4v) is 2.34. The van der Waals surface area contributed by atoms with Crippen molar-refractivity contribution in [2.75, 3.05) is 0 Å². The second kappa shape index (κ2) is 7.85. The average molecular weight is 272 g/mol. The molecule has 0 aliphatic heterocycles. The van der Waals surface area contributed by atoms with Crippen LogP contribution in [0.5, 0.6) is 0 Å². The number of benzene rings is 1. The van der Waals surface area contributed by atoms with Crippen LogP contribution in [0.2, 0.25) is 0 Å². The first-order chi connectivity index (χ1) is 9.81. The Kier molecular flexibility index (Phi) is 5.81. The summed E-state index contributed by atoms with van der Waals surface area (Å²) in [5.41, 5.74) is 1.93. The van der Waals surface area contributed by atoms with Crippen LogP contribution in [0.4, 0.5) is 0 Å². The second-order valence-electron chi connectivity index (χ2n) is 5.27. The summed E-state index contributed by atoms with van der Waals surface area (Å²) >= 11 is 0. The molecule has 0 bridgehead atoms. The Balaban J connectivity index is 1.85. The molecule has 0 saturated carbocycles. The van der Waals surface area contributed by atoms with E-state index in [2.05, 4.69) is 12.0 Å². The van der Waals surface area contributed by atoms with Gasteiger partial charge in [0.15, 0.2) is 0 Å². The van der Waals surface area contributed by atoms with Crippen LogP contribution < -0.4 is 0 Å². The van der Waals surface area contributed by atoms with Crippen molar-refractivity contribution >= 4 is 0 Å². The lowest BCUT2D eigenvalue weighted by Gasteiger charge is -2.07. The zero-order chi connectivity index (χ0) is 14.2. The fraction of sp³-hybridized carbons (Fsp3) is 0.471. The lowest BCUT2D eigenvalue weighted by molar-refractivity contribution is 0.163. The van der Waals surface area contributed by atoms with Crippen molar-refractivity contribution in [3.63, 3.8) is 0 Å². The Bertz CT molecular complexity index is 493. The lowest BCUT2D eigenvalue weighted by atomic mass is 10.0. The zero-order valence-corrected chi connectivity index (χ0v) is 12.2. The molecule has 0 saturated heterocycles. The van der Waals surface area contributed by atoms with E-state index in [1.807, 2.05) is 41.2 Å². The van der Waals surface area contributed by atoms with Crippen LogP contribution in [-0.4, -0.2) is 14.9 Å². The minimum atomic E-state index is -0.394. The van der Waals surface area contributed by atoms with Gasteiger partial charge in [0, 0.05) is 11.8 Å². The highest BCUT2D eigenvalue weighted by Crippen LogP contribution is 2.20. The van der Waals surface area contributed by atoms with Crippen LogP contribution in [0, 0.1) is 0 Å². The SMILES string of the molecule is CCCCCCCC(O)c1cnn(-c2ccccc2)c1. The topological polar surface area (TPSA) is 38.1 Å². The molecule has 1 aromatic heterocycles. The third-order valence-electron chi connectivity index (χ3n) is 3.59. The van der Waals surface area contributed by atoms with Gasteiger partial charge in [-0.05, 0) is 18.6 Å². The van der Waals surface area contributed by atoms with Crippen LogP contribution in [0.15, 0.2) is 42.7 Å². The van der Waals surface area contributed by atoms with Gasteiger partial charge in [-0.15, -0.1) is 0 Å². The van der Waals surface area contributed by atoms with Crippen LogP contribution in [0.3, 0.4) is 0 Å². The van der Waals surface area contributed by atoms with Crippen molar-refractivity contribution in [1.82, 2.24) is 9.78 Å². The van der Waals surface area contributed by atoms with E-state index in [0.717, 1.165) is 24.1 Å². The maximum absolute atomic E-state index is 10.2. The van der Waals surface area contributed by atoms with Gasteiger partial charge in [-0.2, -0.15) is 5.10 Å². The van der Waals surface area contributed by atoms with Crippen LogP contribution in [-0.2, 0) is 0 Å². The molecule has 0 amide bonds. The molecule has 0 fully saturated rings. The van der Waals surface area contributed by atoms with Gasteiger partial charge in [-0.3, -0.25) is 0 Å². The molecule has 2 rings (SSSR count). The number of nitrogens with zero attached hydrogens (tertiary/aromatic N) is 2. The summed E-state index contributed by atoms with van der Waals surface area (Å²) in [6.45, 7) is 2.22. The van der Waals surface area contributed by atoms with Gasteiger partial charge in [-0.1, -0.05) is 57.2 Å². The van der Waals surface area contributed by atoms with E-state index >= 15 is 0 Å². The second-order valence-corrected chi connectivity index (χ2v) is 5.27. The van der Waals surface area contributed by atoms with Crippen molar-refractivity contribution in [2.45, 2.75) is 51.6 Å². The third-order valence-corrected chi connectivity index (χ3v) is 3.59. The first-order valence-corrected chi connectivity index (χ1v) is 7.59. The summed E-state index contributed by atoms with van der Waals surface area (Å²) < 4.78 is 1.82. The van der Waals surface area contributed by atoms with Gasteiger partial charge >= 0.3 is 0 Å². The highest BCUT2D eigenvalue weighted by Gasteiger charge is 2.10. The Morgan fingerprint density at radius 3 is 2.60 bits per heavy atom. The normalized spacial score (nSPS) is 12.5. The molecular weight excluding hydrogens is 248 g/mol. The van der Waals surface area contributed by atoms with E-state index in [4.69, 9.17) is 0 Å². The molecule has 1 aromatic carbocycles. The number of aliphatic hydroxyl groups excluding tert-OH is 1. The first kappa shape index (κ1) is 14.8. The molecule has 1 unspecified atom stereocenters. The number of aromatic nitrogens is 2. The van der Waals surface area contributed by atoms with Gasteiger partial charge in [0.25, 0.3) is 0 Å². The molecule has 2 aromatic rings. The van der Waals surface area contributed by atoms with Gasteiger partial charge in [0.2, 0.25) is 0 Å². The van der Waals surface area contributed by atoms with Crippen molar-refractivity contribution in [1.29, 1.82) is 0 Å². The standard InChI is InChI=1S/C17H24N2O/c1-2-3-4-5-9-12-17(20)15-13-18-19(14-15)16-10-7-6-8-11-16/h6-8,10-11,13-14,17,20H,2-5,9,12H2,1H3. The highest BCUT2D eigenvalue weighted by molar-refractivity contribution is 5.31. The molecule has 20 heavy (non-hydrogen) atoms. The Morgan fingerprint density at radius 1 is 1.10 bits per heavy atom. The minimum Gasteiger partial charge on any atom is -0.388 e. The van der Waals surface area contributed by atoms with Crippen molar-refractivity contribution in [3.8, 4) is 5.69 Å². The maximum Gasteiger partial charge on any atom is 0.0820 e. The molecule has 1 N–H and O–H groups in total. The molecule has 0 aliphatic rings. The molecule has 3 heteroatoms. The largest absolute Gasteiger partial charge is 0.388 e. The predicted molar refractivity (Wildman–Crippen MR) is 81.9 cm³/mol. The zero-order valence-electron chi connectivity index (χ0n) is 12.2. The van der Waals surface area contributed by atoms with E-state index in [0.29, 0.717) is 0 Å². The van der Waals surface area contributed by atoms with E-state index < -0.39 is 6.10 Å². The minimum absolute atomic E-state index is 0.394. The van der Waals surface area contributed by atoms with Crippen molar-refractivity contribution in [2.24, 2.45) is 0 Å². The lowest BCUT2D eigenvalue weighted by Crippen LogP contribution is -1.97. The number of unbranched alkanes of at least 4 members (excludes halogenated alkanes) is 4. The fourth-order valence-electron chi connectivity index (χ4n) is 2.34. The van der Waals surface area contributed by atoms with Crippen molar-refractivity contribution < 1.29 is 5.11 Å². The van der Waals surface area contributed by atoms with Gasteiger partial charge < -0.3 is 5.11 Å². The molecule has 3 nitrogen and oxygen atoms in total. The first-order valence-electron chi connectivity index (χ1n) is 7.59. The van der Waals surface area contributed by atoms with Gasteiger partial charge in [0.05, 0.1) is 18.0 Å². The molecular formula is C17H24N2O. The summed E-state index contributed by atoms with van der Waals surface area (Å²) in [6, 6.07) is 9.97. The summed E-state index contributed by atoms with van der Waals surface area (Å²) in [5.74, 6) is 0. The Labute approximate surface area is 121 Å². The molecule has 108 valence electrons. The smallest absolute Gasteiger partial charge is 0.0820 e. The van der Waals surface area contributed by atoms with Crippen LogP contribution in [0.1, 0.15) is 57.1 Å². The molecule has 0 aliphatic carbocycles. The number of hydrogen-bond acceptors (Lipinski definition) is 2. The Morgan fingerprint density at radius 2 is 1.85 bits per heavy atom. The molecule has 1 atom stereocenters. The summed E-state index contributed by atoms with van der Waals surface area (Å²) in [7, 11) is 0. The number of aliphatic hydroxyl groups is 1. The predicted octanol–water partition coefficient (Wildman–Crippen LogP) is 4.27. The molecule has 0 spiro atoms. The quantitative estimate of drug-likeness (QED) is 0.729. The van der Waals surface area contributed by atoms with E-state index in [-0.39, 0.29) is 0 Å².